The molecular formula is C20H22BrN3O4. The highest BCUT2D eigenvalue weighted by atomic mass is 79.9. The third-order valence-corrected chi connectivity index (χ3v) is 4.81. The number of fused-ring (bicyclic) bond motifs is 1. The molecule has 148 valence electrons. The SMILES string of the molecule is CCOC(=O)C(N)Cc1c(-c2ccc(OC)c(OC)c2)nc2ccc(Br)cn12. The maximum absolute atomic E-state index is 12.1. The number of imidazole rings is 1. The molecule has 2 heterocycles. The molecule has 0 saturated heterocycles. The van der Waals surface area contributed by atoms with Crippen LogP contribution in [0.3, 0.4) is 0 Å². The Morgan fingerprint density at radius 2 is 1.96 bits per heavy atom. The minimum Gasteiger partial charge on any atom is -0.493 e. The zero-order valence-corrected chi connectivity index (χ0v) is 17.5. The summed E-state index contributed by atoms with van der Waals surface area (Å²) < 4.78 is 18.6. The molecule has 0 amide bonds. The van der Waals surface area contributed by atoms with Crippen molar-refractivity contribution in [2.24, 2.45) is 5.73 Å². The summed E-state index contributed by atoms with van der Waals surface area (Å²) in [5.41, 5.74) is 9.22. The molecule has 1 unspecified atom stereocenters. The standard InChI is InChI=1S/C20H22BrN3O4/c1-4-28-20(25)14(22)10-15-19(23-18-8-6-13(21)11-24(15)18)12-5-7-16(26-2)17(9-12)27-3/h5-9,11,14H,4,10,22H2,1-3H3. The number of esters is 1. The van der Waals surface area contributed by atoms with E-state index in [1.54, 1.807) is 21.1 Å². The van der Waals surface area contributed by atoms with Gasteiger partial charge in [-0.05, 0) is 53.2 Å². The second-order valence-electron chi connectivity index (χ2n) is 6.12. The van der Waals surface area contributed by atoms with E-state index < -0.39 is 12.0 Å². The van der Waals surface area contributed by atoms with Crippen molar-refractivity contribution < 1.29 is 19.0 Å². The number of nitrogens with two attached hydrogens (primary N) is 1. The molecule has 0 radical (unpaired) electrons. The zero-order chi connectivity index (χ0) is 20.3. The number of ether oxygens (including phenoxy) is 3. The predicted octanol–water partition coefficient (Wildman–Crippen LogP) is 3.21. The molecule has 3 rings (SSSR count). The fourth-order valence-electron chi connectivity index (χ4n) is 3.02. The summed E-state index contributed by atoms with van der Waals surface area (Å²) in [7, 11) is 3.17. The van der Waals surface area contributed by atoms with Crippen LogP contribution >= 0.6 is 15.9 Å². The van der Waals surface area contributed by atoms with Crippen LogP contribution in [-0.2, 0) is 16.0 Å². The third kappa shape index (κ3) is 3.98. The lowest BCUT2D eigenvalue weighted by Gasteiger charge is -2.13. The van der Waals surface area contributed by atoms with Gasteiger partial charge in [-0.2, -0.15) is 0 Å². The molecule has 0 aliphatic heterocycles. The van der Waals surface area contributed by atoms with Crippen LogP contribution in [0.4, 0.5) is 0 Å². The molecule has 7 nitrogen and oxygen atoms in total. The van der Waals surface area contributed by atoms with Crippen LogP contribution in [0.5, 0.6) is 11.5 Å². The normalized spacial score (nSPS) is 12.0. The van der Waals surface area contributed by atoms with E-state index in [-0.39, 0.29) is 13.0 Å². The average molecular weight is 448 g/mol. The molecule has 0 aliphatic carbocycles. The predicted molar refractivity (Wildman–Crippen MR) is 110 cm³/mol. The van der Waals surface area contributed by atoms with Gasteiger partial charge in [0.1, 0.15) is 11.7 Å². The highest BCUT2D eigenvalue weighted by Gasteiger charge is 2.22. The molecule has 0 saturated carbocycles. The molecule has 0 bridgehead atoms. The summed E-state index contributed by atoms with van der Waals surface area (Å²) in [5, 5.41) is 0. The largest absolute Gasteiger partial charge is 0.493 e. The summed E-state index contributed by atoms with van der Waals surface area (Å²) >= 11 is 3.49. The van der Waals surface area contributed by atoms with E-state index in [0.717, 1.165) is 27.1 Å². The van der Waals surface area contributed by atoms with E-state index >= 15 is 0 Å². The second-order valence-corrected chi connectivity index (χ2v) is 7.03. The van der Waals surface area contributed by atoms with Gasteiger partial charge in [0.05, 0.1) is 32.2 Å². The smallest absolute Gasteiger partial charge is 0.323 e. The lowest BCUT2D eigenvalue weighted by atomic mass is 10.0. The Labute approximate surface area is 171 Å². The number of methoxy groups -OCH3 is 2. The van der Waals surface area contributed by atoms with Gasteiger partial charge in [0, 0.05) is 22.7 Å². The third-order valence-electron chi connectivity index (χ3n) is 4.34. The van der Waals surface area contributed by atoms with Crippen molar-refractivity contribution in [1.82, 2.24) is 9.38 Å². The quantitative estimate of drug-likeness (QED) is 0.559. The van der Waals surface area contributed by atoms with E-state index in [1.165, 1.54) is 0 Å². The first-order valence-electron chi connectivity index (χ1n) is 8.79. The highest BCUT2D eigenvalue weighted by Crippen LogP contribution is 2.34. The van der Waals surface area contributed by atoms with Gasteiger partial charge in [-0.25, -0.2) is 4.98 Å². The number of pyridine rings is 1. The Hall–Kier alpha value is -2.58. The van der Waals surface area contributed by atoms with Crippen LogP contribution < -0.4 is 15.2 Å². The van der Waals surface area contributed by atoms with Crippen molar-refractivity contribution in [1.29, 1.82) is 0 Å². The minimum atomic E-state index is -0.794. The van der Waals surface area contributed by atoms with Gasteiger partial charge >= 0.3 is 5.97 Å². The van der Waals surface area contributed by atoms with Crippen LogP contribution in [0.25, 0.3) is 16.9 Å². The van der Waals surface area contributed by atoms with Gasteiger partial charge < -0.3 is 24.3 Å². The Morgan fingerprint density at radius 1 is 1.21 bits per heavy atom. The number of carbonyl (C=O) groups is 1. The molecule has 8 heteroatoms. The van der Waals surface area contributed by atoms with E-state index in [2.05, 4.69) is 15.9 Å². The second kappa shape index (κ2) is 8.62. The fourth-order valence-corrected chi connectivity index (χ4v) is 3.36. The molecule has 0 aliphatic rings. The maximum atomic E-state index is 12.1. The van der Waals surface area contributed by atoms with Crippen LogP contribution in [0.15, 0.2) is 41.0 Å². The van der Waals surface area contributed by atoms with Crippen LogP contribution in [0, 0.1) is 0 Å². The van der Waals surface area contributed by atoms with E-state index in [9.17, 15) is 4.79 Å². The molecule has 1 aromatic carbocycles. The van der Waals surface area contributed by atoms with Crippen molar-refractivity contribution in [3.8, 4) is 22.8 Å². The van der Waals surface area contributed by atoms with Crippen molar-refractivity contribution in [2.75, 3.05) is 20.8 Å². The molecule has 0 spiro atoms. The summed E-state index contributed by atoms with van der Waals surface area (Å²) in [5.74, 6) is 0.784. The van der Waals surface area contributed by atoms with Gasteiger partial charge in [-0.3, -0.25) is 4.79 Å². The first kappa shape index (κ1) is 20.2. The Balaban J connectivity index is 2.13. The van der Waals surface area contributed by atoms with E-state index in [1.807, 2.05) is 40.9 Å². The van der Waals surface area contributed by atoms with Crippen molar-refractivity contribution >= 4 is 27.5 Å². The van der Waals surface area contributed by atoms with Crippen molar-refractivity contribution in [3.05, 3.63) is 46.7 Å². The molecule has 1 atom stereocenters. The maximum Gasteiger partial charge on any atom is 0.323 e. The van der Waals surface area contributed by atoms with Crippen molar-refractivity contribution in [2.45, 2.75) is 19.4 Å². The minimum absolute atomic E-state index is 0.278. The van der Waals surface area contributed by atoms with Gasteiger partial charge in [0.15, 0.2) is 11.5 Å². The van der Waals surface area contributed by atoms with E-state index in [4.69, 9.17) is 24.9 Å². The number of benzene rings is 1. The first-order chi connectivity index (χ1) is 13.5. The highest BCUT2D eigenvalue weighted by molar-refractivity contribution is 9.10. The number of hydrogen-bond donors (Lipinski definition) is 1. The summed E-state index contributed by atoms with van der Waals surface area (Å²) in [6.07, 6.45) is 2.18. The number of halogens is 1. The fraction of sp³-hybridized carbons (Fsp3) is 0.300. The van der Waals surface area contributed by atoms with Crippen LogP contribution in [0.1, 0.15) is 12.6 Å². The first-order valence-corrected chi connectivity index (χ1v) is 9.58. The van der Waals surface area contributed by atoms with Gasteiger partial charge in [0.25, 0.3) is 0 Å². The average Bonchev–Trinajstić information content (AvgIpc) is 3.05. The molecule has 3 aromatic rings. The summed E-state index contributed by atoms with van der Waals surface area (Å²) in [6.45, 7) is 2.04. The Bertz CT molecular complexity index is 1000. The number of nitrogens with zero attached hydrogens (tertiary/aromatic N) is 2. The lowest BCUT2D eigenvalue weighted by Crippen LogP contribution is -2.34. The van der Waals surface area contributed by atoms with E-state index in [0.29, 0.717) is 11.5 Å². The number of rotatable bonds is 7. The monoisotopic (exact) mass is 447 g/mol. The molecule has 2 aromatic heterocycles. The van der Waals surface area contributed by atoms with Gasteiger partial charge in [-0.15, -0.1) is 0 Å². The lowest BCUT2D eigenvalue weighted by molar-refractivity contribution is -0.144. The molecule has 0 fully saturated rings. The Kier molecular flexibility index (Phi) is 6.21. The summed E-state index contributed by atoms with van der Waals surface area (Å²) in [4.78, 5) is 16.8. The van der Waals surface area contributed by atoms with Gasteiger partial charge in [-0.1, -0.05) is 0 Å². The topological polar surface area (TPSA) is 88.1 Å². The number of carbonyl (C=O) groups excluding carboxylic acids is 1. The molecule has 2 N–H and O–H groups in total. The number of aromatic nitrogens is 2. The van der Waals surface area contributed by atoms with Crippen LogP contribution in [0.2, 0.25) is 0 Å². The molecule has 28 heavy (non-hydrogen) atoms. The Morgan fingerprint density at radius 3 is 2.64 bits per heavy atom. The van der Waals surface area contributed by atoms with Gasteiger partial charge in [0.2, 0.25) is 0 Å². The number of hydrogen-bond acceptors (Lipinski definition) is 6. The zero-order valence-electron chi connectivity index (χ0n) is 15.9. The van der Waals surface area contributed by atoms with Crippen molar-refractivity contribution in [3.63, 3.8) is 0 Å². The summed E-state index contributed by atoms with van der Waals surface area (Å²) in [6, 6.07) is 8.59. The molecular weight excluding hydrogens is 426 g/mol. The van der Waals surface area contributed by atoms with Crippen LogP contribution in [-0.4, -0.2) is 42.2 Å².